The van der Waals surface area contributed by atoms with Crippen LogP contribution < -0.4 is 0 Å². The molecule has 0 aromatic heterocycles. The highest BCUT2D eigenvalue weighted by Gasteiger charge is 2.14. The van der Waals surface area contributed by atoms with Crippen LogP contribution in [0, 0.1) is 0 Å². The molecule has 1 aliphatic heterocycles. The Morgan fingerprint density at radius 1 is 1.46 bits per heavy atom. The molecule has 1 unspecified atom stereocenters. The summed E-state index contributed by atoms with van der Waals surface area (Å²) in [7, 11) is 1.84. The molecule has 1 amide bonds. The van der Waals surface area contributed by atoms with Crippen LogP contribution in [-0.4, -0.2) is 42.3 Å². The topological polar surface area (TPSA) is 40.5 Å². The third-order valence-electron chi connectivity index (χ3n) is 1.52. The fourth-order valence-corrected chi connectivity index (χ4v) is 0.783. The highest BCUT2D eigenvalue weighted by Crippen LogP contribution is 2.04. The van der Waals surface area contributed by atoms with Crippen LogP contribution in [0.5, 0.6) is 0 Å². The number of likely N-dealkylation sites (tertiary alicyclic amines) is 1. The van der Waals surface area contributed by atoms with E-state index in [1.54, 1.807) is 4.90 Å². The quantitative estimate of drug-likeness (QED) is 0.677. The lowest BCUT2D eigenvalue weighted by Crippen LogP contribution is -2.17. The van der Waals surface area contributed by atoms with Gasteiger partial charge in [-0.1, -0.05) is 0 Å². The van der Waals surface area contributed by atoms with E-state index in [-0.39, 0.29) is 0 Å². The highest BCUT2D eigenvalue weighted by molar-refractivity contribution is 5.77. The van der Waals surface area contributed by atoms with Crippen molar-refractivity contribution in [3.8, 4) is 0 Å². The Morgan fingerprint density at radius 2 is 1.92 bits per heavy atom. The molecule has 1 aliphatic rings. The van der Waals surface area contributed by atoms with Gasteiger partial charge in [0.05, 0.1) is 0 Å². The third kappa shape index (κ3) is 5.46. The maximum absolute atomic E-state index is 10.6. The Labute approximate surface area is 74.1 Å². The van der Waals surface area contributed by atoms with Crippen LogP contribution in [0.25, 0.3) is 0 Å². The molecule has 0 spiro atoms. The third-order valence-corrected chi connectivity index (χ3v) is 1.52. The zero-order valence-corrected chi connectivity index (χ0v) is 7.21. The number of halogens is 3. The Morgan fingerprint density at radius 3 is 2.00 bits per heavy atom. The maximum atomic E-state index is 10.6. The van der Waals surface area contributed by atoms with Crippen molar-refractivity contribution in [1.82, 2.24) is 4.90 Å². The first-order valence-corrected chi connectivity index (χ1v) is 3.79. The fraction of sp³-hybridized carbons (Fsp3) is 0.857. The molecule has 0 bridgehead atoms. The van der Waals surface area contributed by atoms with Crippen LogP contribution in [0.3, 0.4) is 0 Å². The Kier molecular flexibility index (Phi) is 5.45. The molecular formula is C7H12F3NO2. The van der Waals surface area contributed by atoms with Crippen molar-refractivity contribution in [3.05, 3.63) is 0 Å². The van der Waals surface area contributed by atoms with E-state index in [9.17, 15) is 18.0 Å². The van der Waals surface area contributed by atoms with Crippen LogP contribution in [0.15, 0.2) is 0 Å². The predicted molar refractivity (Wildman–Crippen MR) is 40.0 cm³/mol. The smallest absolute Gasteiger partial charge is 0.293 e. The largest absolute Gasteiger partial charge is 0.360 e. The van der Waals surface area contributed by atoms with Crippen LogP contribution in [0.1, 0.15) is 12.8 Å². The molecule has 1 N–H and O–H groups in total. The molecule has 0 aromatic rings. The van der Waals surface area contributed by atoms with Gasteiger partial charge in [0.2, 0.25) is 5.91 Å². The lowest BCUT2D eigenvalue weighted by Gasteiger charge is -2.03. The lowest BCUT2D eigenvalue weighted by molar-refractivity contribution is -0.126. The number of aliphatic hydroxyl groups excluding tert-OH is 1. The minimum atomic E-state index is -3.26. The number of hydrogen-bond donors (Lipinski definition) is 1. The Balaban J connectivity index is 0.000000226. The molecule has 78 valence electrons. The van der Waals surface area contributed by atoms with E-state index in [0.29, 0.717) is 5.91 Å². The molecular weight excluding hydrogens is 187 g/mol. The van der Waals surface area contributed by atoms with Crippen LogP contribution in [0.4, 0.5) is 13.2 Å². The number of alkyl halides is 3. The molecule has 1 fully saturated rings. The van der Waals surface area contributed by atoms with E-state index < -0.39 is 12.8 Å². The lowest BCUT2D eigenvalue weighted by atomic mass is 10.4. The minimum Gasteiger partial charge on any atom is -0.360 e. The molecule has 13 heavy (non-hydrogen) atoms. The fourth-order valence-electron chi connectivity index (χ4n) is 0.783. The summed E-state index contributed by atoms with van der Waals surface area (Å²) in [5.74, 6) is 0.292. The minimum absolute atomic E-state index is 0.292. The van der Waals surface area contributed by atoms with Crippen molar-refractivity contribution in [2.24, 2.45) is 0 Å². The maximum Gasteiger partial charge on any atom is 0.293 e. The zero-order valence-electron chi connectivity index (χ0n) is 7.21. The number of carbonyl (C=O) groups is 1. The van der Waals surface area contributed by atoms with E-state index in [1.165, 1.54) is 0 Å². The Bertz CT molecular complexity index is 158. The van der Waals surface area contributed by atoms with Crippen molar-refractivity contribution in [2.45, 2.75) is 25.6 Å². The summed E-state index contributed by atoms with van der Waals surface area (Å²) in [6, 6.07) is 0. The number of nitrogens with zero attached hydrogens (tertiary/aromatic N) is 1. The monoisotopic (exact) mass is 199 g/mol. The van der Waals surface area contributed by atoms with Crippen molar-refractivity contribution in [1.29, 1.82) is 0 Å². The molecule has 0 saturated carbocycles. The molecule has 0 radical (unpaired) electrons. The highest BCUT2D eigenvalue weighted by atomic mass is 19.3. The summed E-state index contributed by atoms with van der Waals surface area (Å²) >= 11 is 0. The van der Waals surface area contributed by atoms with Gasteiger partial charge in [0, 0.05) is 20.0 Å². The standard InChI is InChI=1S/C5H9NO.C2H3F3O/c1-6-4-2-3-5(6)7;3-1(4)2(5)6/h2-4H2,1H3;1-2,6H. The van der Waals surface area contributed by atoms with Crippen molar-refractivity contribution < 1.29 is 23.1 Å². The van der Waals surface area contributed by atoms with E-state index in [1.807, 2.05) is 7.05 Å². The van der Waals surface area contributed by atoms with Gasteiger partial charge >= 0.3 is 0 Å². The molecule has 0 aliphatic carbocycles. The predicted octanol–water partition coefficient (Wildman–Crippen LogP) is 0.778. The van der Waals surface area contributed by atoms with Crippen LogP contribution >= 0.6 is 0 Å². The van der Waals surface area contributed by atoms with Gasteiger partial charge in [-0.15, -0.1) is 0 Å². The second kappa shape index (κ2) is 5.80. The summed E-state index contributed by atoms with van der Waals surface area (Å²) in [4.78, 5) is 12.3. The second-order valence-electron chi connectivity index (χ2n) is 2.63. The van der Waals surface area contributed by atoms with Gasteiger partial charge in [-0.05, 0) is 6.42 Å². The first-order valence-electron chi connectivity index (χ1n) is 3.79. The summed E-state index contributed by atoms with van der Waals surface area (Å²) in [5, 5.41) is 7.21. The van der Waals surface area contributed by atoms with Crippen molar-refractivity contribution in [3.63, 3.8) is 0 Å². The van der Waals surface area contributed by atoms with Gasteiger partial charge in [0.25, 0.3) is 12.8 Å². The first-order chi connectivity index (χ1) is 5.95. The average Bonchev–Trinajstić information content (AvgIpc) is 2.37. The van der Waals surface area contributed by atoms with Gasteiger partial charge < -0.3 is 10.0 Å². The van der Waals surface area contributed by atoms with Gasteiger partial charge in [0.15, 0.2) is 0 Å². The summed E-state index contributed by atoms with van der Waals surface area (Å²) in [6.45, 7) is 0.957. The molecule has 1 saturated heterocycles. The molecule has 0 aromatic carbocycles. The summed E-state index contributed by atoms with van der Waals surface area (Å²) < 4.78 is 31.7. The number of hydrogen-bond acceptors (Lipinski definition) is 2. The SMILES string of the molecule is CN1CCCC1=O.OC(F)C(F)F. The van der Waals surface area contributed by atoms with E-state index >= 15 is 0 Å². The number of carbonyl (C=O) groups excluding carboxylic acids is 1. The normalized spacial score (nSPS) is 18.6. The Hall–Kier alpha value is -0.780. The number of rotatable bonds is 1. The van der Waals surface area contributed by atoms with Crippen LogP contribution in [0.2, 0.25) is 0 Å². The molecule has 1 atom stereocenters. The van der Waals surface area contributed by atoms with E-state index in [2.05, 4.69) is 0 Å². The number of amides is 1. The first kappa shape index (κ1) is 12.2. The molecule has 1 rings (SSSR count). The zero-order chi connectivity index (χ0) is 10.4. The number of aliphatic hydroxyl groups is 1. The van der Waals surface area contributed by atoms with Crippen molar-refractivity contribution in [2.75, 3.05) is 13.6 Å². The summed E-state index contributed by atoms with van der Waals surface area (Å²) in [6.07, 6.45) is -4.43. The van der Waals surface area contributed by atoms with Crippen LogP contribution in [-0.2, 0) is 4.79 Å². The van der Waals surface area contributed by atoms with Crippen molar-refractivity contribution >= 4 is 5.91 Å². The second-order valence-corrected chi connectivity index (χ2v) is 2.63. The van der Waals surface area contributed by atoms with Gasteiger partial charge in [-0.2, -0.15) is 0 Å². The van der Waals surface area contributed by atoms with E-state index in [0.717, 1.165) is 19.4 Å². The van der Waals surface area contributed by atoms with E-state index in [4.69, 9.17) is 5.11 Å². The molecule has 1 heterocycles. The average molecular weight is 199 g/mol. The molecule has 6 heteroatoms. The molecule has 3 nitrogen and oxygen atoms in total. The van der Waals surface area contributed by atoms with Gasteiger partial charge in [-0.3, -0.25) is 4.79 Å². The van der Waals surface area contributed by atoms with Gasteiger partial charge in [0.1, 0.15) is 0 Å². The van der Waals surface area contributed by atoms with Gasteiger partial charge in [-0.25, -0.2) is 13.2 Å². The summed E-state index contributed by atoms with van der Waals surface area (Å²) in [5.41, 5.74) is 0.